The molecule has 0 radical (unpaired) electrons. The summed E-state index contributed by atoms with van der Waals surface area (Å²) in [5, 5.41) is 0. The molecule has 2 aromatic heterocycles. The molecule has 2 heterocycles. The van der Waals surface area contributed by atoms with E-state index in [0.29, 0.717) is 36.4 Å². The van der Waals surface area contributed by atoms with E-state index < -0.39 is 15.9 Å². The first kappa shape index (κ1) is 20.7. The van der Waals surface area contributed by atoms with Gasteiger partial charge in [-0.3, -0.25) is 0 Å². The van der Waals surface area contributed by atoms with Crippen LogP contribution in [0.2, 0.25) is 0 Å². The molecule has 4 rings (SSSR count). The molecule has 0 amide bonds. The van der Waals surface area contributed by atoms with Gasteiger partial charge in [-0.05, 0) is 54.4 Å². The van der Waals surface area contributed by atoms with Crippen LogP contribution in [0.4, 0.5) is 10.2 Å². The van der Waals surface area contributed by atoms with E-state index in [1.54, 1.807) is 4.57 Å². The summed E-state index contributed by atoms with van der Waals surface area (Å²) in [6.45, 7) is 2.50. The Hall–Kier alpha value is -2.55. The van der Waals surface area contributed by atoms with Gasteiger partial charge in [-0.1, -0.05) is 19.1 Å². The highest BCUT2D eigenvalue weighted by molar-refractivity contribution is 7.90. The molecule has 0 spiro atoms. The van der Waals surface area contributed by atoms with Gasteiger partial charge >= 0.3 is 6.08 Å². The van der Waals surface area contributed by atoms with Crippen LogP contribution in [0.25, 0.3) is 11.2 Å². The molecular weight excluding hydrogens is 405 g/mol. The standard InChI is InChI=1S/C21H26FN5O2S/c1-3-13-10-14-6-4-7-15(14)11-16(13)12-17-24-18-19(23)25-21(22)26-20(18)27(17)8-5-9-30(2,28)29/h10-11H,3-9,12H2,1-2H3,(H2,23,25,26). The number of hydrogen-bond donors (Lipinski definition) is 1. The minimum atomic E-state index is -3.10. The van der Waals surface area contributed by atoms with Crippen LogP contribution < -0.4 is 5.73 Å². The number of halogens is 1. The lowest BCUT2D eigenvalue weighted by molar-refractivity contribution is 0.541. The molecule has 0 fully saturated rings. The summed E-state index contributed by atoms with van der Waals surface area (Å²) in [4.78, 5) is 12.1. The molecule has 0 atom stereocenters. The number of aryl methyl sites for hydroxylation is 4. The number of benzene rings is 1. The van der Waals surface area contributed by atoms with E-state index in [2.05, 4.69) is 34.0 Å². The maximum atomic E-state index is 13.9. The predicted octanol–water partition coefficient (Wildman–Crippen LogP) is 2.62. The minimum absolute atomic E-state index is 0.00900. The normalized spacial score (nSPS) is 13.8. The van der Waals surface area contributed by atoms with Crippen molar-refractivity contribution < 1.29 is 12.8 Å². The van der Waals surface area contributed by atoms with Gasteiger partial charge in [0, 0.05) is 19.2 Å². The number of imidazole rings is 1. The quantitative estimate of drug-likeness (QED) is 0.577. The molecule has 7 nitrogen and oxygen atoms in total. The van der Waals surface area contributed by atoms with Gasteiger partial charge in [-0.15, -0.1) is 0 Å². The molecule has 0 saturated heterocycles. The largest absolute Gasteiger partial charge is 0.382 e. The Labute approximate surface area is 175 Å². The van der Waals surface area contributed by atoms with Gasteiger partial charge in [-0.2, -0.15) is 14.4 Å². The highest BCUT2D eigenvalue weighted by atomic mass is 32.2. The molecule has 0 aliphatic heterocycles. The lowest BCUT2D eigenvalue weighted by atomic mass is 9.96. The molecule has 160 valence electrons. The molecular formula is C21H26FN5O2S. The molecule has 1 aliphatic rings. The van der Waals surface area contributed by atoms with E-state index in [9.17, 15) is 12.8 Å². The lowest BCUT2D eigenvalue weighted by Gasteiger charge is -2.13. The van der Waals surface area contributed by atoms with Gasteiger partial charge in [0.2, 0.25) is 0 Å². The van der Waals surface area contributed by atoms with Crippen LogP contribution in [-0.4, -0.2) is 39.9 Å². The lowest BCUT2D eigenvalue weighted by Crippen LogP contribution is -2.11. The smallest absolute Gasteiger partial charge is 0.312 e. The van der Waals surface area contributed by atoms with Crippen molar-refractivity contribution in [3.63, 3.8) is 0 Å². The fourth-order valence-electron chi connectivity index (χ4n) is 4.28. The first-order valence-corrected chi connectivity index (χ1v) is 12.3. The number of nitrogens with zero attached hydrogens (tertiary/aromatic N) is 4. The van der Waals surface area contributed by atoms with Crippen molar-refractivity contribution in [2.24, 2.45) is 0 Å². The Morgan fingerprint density at radius 1 is 1.13 bits per heavy atom. The summed E-state index contributed by atoms with van der Waals surface area (Å²) >= 11 is 0. The third kappa shape index (κ3) is 4.16. The van der Waals surface area contributed by atoms with Gasteiger partial charge in [-0.25, -0.2) is 13.4 Å². The molecule has 0 bridgehead atoms. The zero-order chi connectivity index (χ0) is 21.5. The Morgan fingerprint density at radius 3 is 2.50 bits per heavy atom. The van der Waals surface area contributed by atoms with E-state index in [-0.39, 0.29) is 11.6 Å². The fraction of sp³-hybridized carbons (Fsp3) is 0.476. The summed E-state index contributed by atoms with van der Waals surface area (Å²) in [7, 11) is -3.10. The summed E-state index contributed by atoms with van der Waals surface area (Å²) < 4.78 is 38.8. The number of nitrogens with two attached hydrogens (primary N) is 1. The van der Waals surface area contributed by atoms with Crippen LogP contribution in [0, 0.1) is 6.08 Å². The SMILES string of the molecule is CCc1cc2c(cc1Cc1nc3c(N)nc(F)nc3n1CCCS(C)(=O)=O)CCC2. The van der Waals surface area contributed by atoms with Crippen LogP contribution in [0.5, 0.6) is 0 Å². The number of hydrogen-bond acceptors (Lipinski definition) is 6. The van der Waals surface area contributed by atoms with Gasteiger partial charge in [0.05, 0.1) is 5.75 Å². The van der Waals surface area contributed by atoms with Gasteiger partial charge in [0.1, 0.15) is 15.7 Å². The van der Waals surface area contributed by atoms with Crippen LogP contribution in [0.3, 0.4) is 0 Å². The molecule has 9 heteroatoms. The van der Waals surface area contributed by atoms with Crippen molar-refractivity contribution in [3.05, 3.63) is 46.3 Å². The first-order chi connectivity index (χ1) is 14.2. The predicted molar refractivity (Wildman–Crippen MR) is 115 cm³/mol. The average molecular weight is 432 g/mol. The molecule has 1 aliphatic carbocycles. The van der Waals surface area contributed by atoms with E-state index in [0.717, 1.165) is 19.3 Å². The fourth-order valence-corrected chi connectivity index (χ4v) is 4.94. The van der Waals surface area contributed by atoms with Gasteiger partial charge in [0.15, 0.2) is 17.0 Å². The summed E-state index contributed by atoms with van der Waals surface area (Å²) in [6, 6.07) is 4.55. The highest BCUT2D eigenvalue weighted by Gasteiger charge is 2.20. The van der Waals surface area contributed by atoms with Crippen molar-refractivity contribution >= 4 is 26.8 Å². The number of rotatable bonds is 7. The van der Waals surface area contributed by atoms with E-state index >= 15 is 0 Å². The molecule has 30 heavy (non-hydrogen) atoms. The second-order valence-electron chi connectivity index (χ2n) is 7.99. The van der Waals surface area contributed by atoms with Crippen molar-refractivity contribution in [1.29, 1.82) is 0 Å². The van der Waals surface area contributed by atoms with Crippen LogP contribution in [0.15, 0.2) is 12.1 Å². The second-order valence-corrected chi connectivity index (χ2v) is 10.2. The van der Waals surface area contributed by atoms with Crippen LogP contribution in [-0.2, 0) is 42.1 Å². The molecule has 0 unspecified atom stereocenters. The number of sulfone groups is 1. The number of aromatic nitrogens is 4. The average Bonchev–Trinajstić information content (AvgIpc) is 3.25. The molecule has 0 saturated carbocycles. The Bertz CT molecular complexity index is 1220. The zero-order valence-corrected chi connectivity index (χ0v) is 18.1. The Morgan fingerprint density at radius 2 is 1.83 bits per heavy atom. The first-order valence-electron chi connectivity index (χ1n) is 10.2. The Balaban J connectivity index is 1.76. The van der Waals surface area contributed by atoms with Gasteiger partial charge < -0.3 is 10.3 Å². The number of nitrogen functional groups attached to an aromatic ring is 1. The van der Waals surface area contributed by atoms with Crippen molar-refractivity contribution in [2.75, 3.05) is 17.7 Å². The molecule has 3 aromatic rings. The summed E-state index contributed by atoms with van der Waals surface area (Å²) in [6.07, 6.45) is 5.52. The zero-order valence-electron chi connectivity index (χ0n) is 17.3. The molecule has 1 aromatic carbocycles. The van der Waals surface area contributed by atoms with E-state index in [1.807, 2.05) is 0 Å². The van der Waals surface area contributed by atoms with Crippen molar-refractivity contribution in [2.45, 2.75) is 52.0 Å². The number of fused-ring (bicyclic) bond motifs is 2. The number of anilines is 1. The van der Waals surface area contributed by atoms with Crippen molar-refractivity contribution in [3.8, 4) is 0 Å². The van der Waals surface area contributed by atoms with Crippen LogP contribution in [0.1, 0.15) is 47.8 Å². The maximum absolute atomic E-state index is 13.9. The minimum Gasteiger partial charge on any atom is -0.382 e. The van der Waals surface area contributed by atoms with E-state index in [1.165, 1.54) is 34.9 Å². The van der Waals surface area contributed by atoms with Gasteiger partial charge in [0.25, 0.3) is 0 Å². The maximum Gasteiger partial charge on any atom is 0.312 e. The van der Waals surface area contributed by atoms with E-state index in [4.69, 9.17) is 5.73 Å². The summed E-state index contributed by atoms with van der Waals surface area (Å²) in [5.41, 5.74) is 11.8. The molecule has 2 N–H and O–H groups in total. The topological polar surface area (TPSA) is 104 Å². The third-order valence-electron chi connectivity index (χ3n) is 5.71. The van der Waals surface area contributed by atoms with Crippen LogP contribution >= 0.6 is 0 Å². The summed E-state index contributed by atoms with van der Waals surface area (Å²) in [5.74, 6) is 0.719. The highest BCUT2D eigenvalue weighted by Crippen LogP contribution is 2.28. The second kappa shape index (κ2) is 7.94. The third-order valence-corrected chi connectivity index (χ3v) is 6.74. The van der Waals surface area contributed by atoms with Crippen molar-refractivity contribution in [1.82, 2.24) is 19.5 Å². The monoisotopic (exact) mass is 431 g/mol. The Kier molecular flexibility index (Phi) is 5.48.